The Morgan fingerprint density at radius 3 is 2.67 bits per heavy atom. The number of piperidine rings is 1. The van der Waals surface area contributed by atoms with E-state index in [9.17, 15) is 4.79 Å². The van der Waals surface area contributed by atoms with Crippen LogP contribution >= 0.6 is 0 Å². The predicted molar refractivity (Wildman–Crippen MR) is 74.4 cm³/mol. The molecule has 1 aliphatic heterocycles. The van der Waals surface area contributed by atoms with Crippen molar-refractivity contribution in [2.24, 2.45) is 5.73 Å². The third kappa shape index (κ3) is 5.80. The summed E-state index contributed by atoms with van der Waals surface area (Å²) in [5, 5.41) is 6.17. The van der Waals surface area contributed by atoms with Gasteiger partial charge in [0.2, 0.25) is 5.91 Å². The van der Waals surface area contributed by atoms with Crippen LogP contribution in [0.25, 0.3) is 0 Å². The molecule has 0 saturated carbocycles. The zero-order chi connectivity index (χ0) is 13.4. The van der Waals surface area contributed by atoms with Crippen LogP contribution in [0.4, 0.5) is 0 Å². The molecule has 106 valence electrons. The molecule has 0 aromatic rings. The second-order valence-electron chi connectivity index (χ2n) is 5.29. The number of rotatable bonds is 7. The van der Waals surface area contributed by atoms with Crippen LogP contribution in [0, 0.1) is 0 Å². The molecule has 1 saturated heterocycles. The maximum absolute atomic E-state index is 11.9. The summed E-state index contributed by atoms with van der Waals surface area (Å²) in [6, 6.07) is -0.0291. The second-order valence-corrected chi connectivity index (χ2v) is 5.29. The van der Waals surface area contributed by atoms with E-state index in [-0.39, 0.29) is 11.9 Å². The van der Waals surface area contributed by atoms with Crippen LogP contribution < -0.4 is 16.4 Å². The number of carbonyl (C=O) groups is 1. The third-order valence-corrected chi connectivity index (χ3v) is 3.59. The lowest BCUT2D eigenvalue weighted by Crippen LogP contribution is -2.49. The minimum atomic E-state index is -0.346. The number of carbonyl (C=O) groups excluding carboxylic acids is 1. The van der Waals surface area contributed by atoms with Crippen molar-refractivity contribution >= 4 is 5.91 Å². The van der Waals surface area contributed by atoms with Gasteiger partial charge in [-0.05, 0) is 59.4 Å². The summed E-state index contributed by atoms with van der Waals surface area (Å²) < 4.78 is 0. The number of unbranched alkanes of at least 4 members (excludes halogenated alkanes) is 1. The maximum Gasteiger partial charge on any atom is 0.237 e. The number of nitrogens with zero attached hydrogens (tertiary/aromatic N) is 1. The molecular formula is C13H28N4O. The Morgan fingerprint density at radius 1 is 1.39 bits per heavy atom. The van der Waals surface area contributed by atoms with Crippen LogP contribution in [-0.2, 0) is 4.79 Å². The van der Waals surface area contributed by atoms with E-state index in [1.807, 2.05) is 7.05 Å². The van der Waals surface area contributed by atoms with Gasteiger partial charge in [0.15, 0.2) is 0 Å². The van der Waals surface area contributed by atoms with E-state index < -0.39 is 0 Å². The van der Waals surface area contributed by atoms with Gasteiger partial charge in [0.25, 0.3) is 0 Å². The number of amides is 1. The fourth-order valence-electron chi connectivity index (χ4n) is 2.26. The topological polar surface area (TPSA) is 70.4 Å². The van der Waals surface area contributed by atoms with Crippen molar-refractivity contribution in [3.05, 3.63) is 0 Å². The summed E-state index contributed by atoms with van der Waals surface area (Å²) in [6.07, 6.45) is 4.93. The summed E-state index contributed by atoms with van der Waals surface area (Å²) >= 11 is 0. The Hall–Kier alpha value is -0.650. The zero-order valence-corrected chi connectivity index (χ0v) is 11.7. The molecule has 0 bridgehead atoms. The average Bonchev–Trinajstić information content (AvgIpc) is 2.37. The number of nitrogens with one attached hydrogen (secondary N) is 2. The lowest BCUT2D eigenvalue weighted by molar-refractivity contribution is -0.123. The van der Waals surface area contributed by atoms with E-state index in [1.54, 1.807) is 0 Å². The molecule has 0 spiro atoms. The first-order chi connectivity index (χ1) is 8.63. The van der Waals surface area contributed by atoms with Crippen LogP contribution in [0.2, 0.25) is 0 Å². The fourth-order valence-corrected chi connectivity index (χ4v) is 2.26. The van der Waals surface area contributed by atoms with Crippen LogP contribution in [0.3, 0.4) is 0 Å². The minimum absolute atomic E-state index is 0.0222. The summed E-state index contributed by atoms with van der Waals surface area (Å²) in [5.74, 6) is 0.0222. The Morgan fingerprint density at radius 2 is 2.06 bits per heavy atom. The molecular weight excluding hydrogens is 228 g/mol. The summed E-state index contributed by atoms with van der Waals surface area (Å²) in [6.45, 7) is 3.11. The van der Waals surface area contributed by atoms with Crippen molar-refractivity contribution in [2.45, 2.75) is 44.2 Å². The van der Waals surface area contributed by atoms with Crippen molar-refractivity contribution in [1.82, 2.24) is 15.5 Å². The van der Waals surface area contributed by atoms with Crippen LogP contribution in [0.5, 0.6) is 0 Å². The molecule has 4 N–H and O–H groups in total. The average molecular weight is 256 g/mol. The van der Waals surface area contributed by atoms with Gasteiger partial charge in [-0.3, -0.25) is 4.79 Å². The Bertz CT molecular complexity index is 239. The van der Waals surface area contributed by atoms with Crippen molar-refractivity contribution in [2.75, 3.05) is 33.7 Å². The van der Waals surface area contributed by atoms with E-state index in [4.69, 9.17) is 5.73 Å². The first-order valence-corrected chi connectivity index (χ1v) is 7.02. The second kappa shape index (κ2) is 8.45. The van der Waals surface area contributed by atoms with E-state index in [0.717, 1.165) is 51.7 Å². The lowest BCUT2D eigenvalue weighted by atomic mass is 10.0. The molecule has 0 radical (unpaired) electrons. The van der Waals surface area contributed by atoms with E-state index in [0.29, 0.717) is 6.04 Å². The molecule has 1 heterocycles. The van der Waals surface area contributed by atoms with Gasteiger partial charge in [-0.2, -0.15) is 0 Å². The van der Waals surface area contributed by atoms with Gasteiger partial charge in [-0.15, -0.1) is 0 Å². The summed E-state index contributed by atoms with van der Waals surface area (Å²) in [5.41, 5.74) is 5.90. The maximum atomic E-state index is 11.9. The molecule has 18 heavy (non-hydrogen) atoms. The zero-order valence-electron chi connectivity index (χ0n) is 11.7. The van der Waals surface area contributed by atoms with Crippen molar-refractivity contribution < 1.29 is 4.79 Å². The van der Waals surface area contributed by atoms with Gasteiger partial charge in [0, 0.05) is 6.04 Å². The molecule has 1 amide bonds. The normalized spacial score (nSPS) is 19.7. The van der Waals surface area contributed by atoms with Crippen molar-refractivity contribution in [3.8, 4) is 0 Å². The molecule has 5 nitrogen and oxygen atoms in total. The highest BCUT2D eigenvalue weighted by Crippen LogP contribution is 2.08. The molecule has 0 aromatic carbocycles. The number of hydrogen-bond donors (Lipinski definition) is 3. The van der Waals surface area contributed by atoms with E-state index in [1.165, 1.54) is 0 Å². The first kappa shape index (κ1) is 15.4. The fraction of sp³-hybridized carbons (Fsp3) is 0.923. The Kier molecular flexibility index (Phi) is 7.23. The predicted octanol–water partition coefficient (Wildman–Crippen LogP) is -0.0862. The molecule has 0 aromatic heterocycles. The molecule has 5 heteroatoms. The van der Waals surface area contributed by atoms with Gasteiger partial charge in [-0.1, -0.05) is 6.42 Å². The lowest BCUT2D eigenvalue weighted by Gasteiger charge is -2.30. The largest absolute Gasteiger partial charge is 0.352 e. The van der Waals surface area contributed by atoms with Crippen molar-refractivity contribution in [3.63, 3.8) is 0 Å². The van der Waals surface area contributed by atoms with Crippen molar-refractivity contribution in [1.29, 1.82) is 0 Å². The highest BCUT2D eigenvalue weighted by Gasteiger charge is 2.21. The third-order valence-electron chi connectivity index (χ3n) is 3.59. The Labute approximate surface area is 110 Å². The smallest absolute Gasteiger partial charge is 0.237 e. The molecule has 1 aliphatic rings. The molecule has 0 unspecified atom stereocenters. The number of nitrogens with two attached hydrogens (primary N) is 1. The Balaban J connectivity index is 2.15. The molecule has 1 rings (SSSR count). The standard InChI is InChI=1S/C13H28N4O/c1-15-8-4-3-5-12(14)13(18)16-11-6-9-17(2)10-7-11/h11-12,15H,3-10,14H2,1-2H3,(H,16,18)/t12-/m0/s1. The van der Waals surface area contributed by atoms with Gasteiger partial charge in [-0.25, -0.2) is 0 Å². The number of hydrogen-bond acceptors (Lipinski definition) is 4. The molecule has 1 fully saturated rings. The molecule has 0 aliphatic carbocycles. The van der Waals surface area contributed by atoms with Gasteiger partial charge >= 0.3 is 0 Å². The van der Waals surface area contributed by atoms with Crippen LogP contribution in [0.15, 0.2) is 0 Å². The summed E-state index contributed by atoms with van der Waals surface area (Å²) in [7, 11) is 4.05. The van der Waals surface area contributed by atoms with Gasteiger partial charge < -0.3 is 21.3 Å². The SMILES string of the molecule is CNCCCC[C@H](N)C(=O)NC1CCN(C)CC1. The highest BCUT2D eigenvalue weighted by atomic mass is 16.2. The van der Waals surface area contributed by atoms with Gasteiger partial charge in [0.1, 0.15) is 0 Å². The minimum Gasteiger partial charge on any atom is -0.352 e. The molecule has 1 atom stereocenters. The van der Waals surface area contributed by atoms with Crippen LogP contribution in [-0.4, -0.2) is 56.6 Å². The van der Waals surface area contributed by atoms with E-state index in [2.05, 4.69) is 22.6 Å². The van der Waals surface area contributed by atoms with Gasteiger partial charge in [0.05, 0.1) is 6.04 Å². The number of likely N-dealkylation sites (tertiary alicyclic amines) is 1. The van der Waals surface area contributed by atoms with E-state index >= 15 is 0 Å². The quantitative estimate of drug-likeness (QED) is 0.557. The monoisotopic (exact) mass is 256 g/mol. The first-order valence-electron chi connectivity index (χ1n) is 7.02. The van der Waals surface area contributed by atoms with Crippen LogP contribution in [0.1, 0.15) is 32.1 Å². The highest BCUT2D eigenvalue weighted by molar-refractivity contribution is 5.81. The summed E-state index contributed by atoms with van der Waals surface area (Å²) in [4.78, 5) is 14.2.